The van der Waals surface area contributed by atoms with Crippen LogP contribution in [0, 0.1) is 0 Å². The van der Waals surface area contributed by atoms with Gasteiger partial charge in [-0.15, -0.1) is 0 Å². The van der Waals surface area contributed by atoms with Gasteiger partial charge in [-0.05, 0) is 18.9 Å². The predicted octanol–water partition coefficient (Wildman–Crippen LogP) is 2.54. The molecule has 1 aliphatic carbocycles. The molecule has 1 aromatic rings. The first-order valence-corrected chi connectivity index (χ1v) is 4.82. The molecule has 0 radical (unpaired) electrons. The fraction of sp³-hybridized carbons (Fsp3) is 0.333. The molecule has 0 spiro atoms. The van der Waals surface area contributed by atoms with Gasteiger partial charge in [0.05, 0.1) is 0 Å². The molecule has 1 nitrogen and oxygen atoms in total. The Balaban J connectivity index is 2.36. The number of fused-ring (bicyclic) bond motifs is 1. The lowest BCUT2D eigenvalue weighted by Gasteiger charge is -2.19. The summed E-state index contributed by atoms with van der Waals surface area (Å²) in [4.78, 5) is 2.30. The molecule has 68 valence electrons. The van der Waals surface area contributed by atoms with E-state index in [0.29, 0.717) is 0 Å². The Morgan fingerprint density at radius 1 is 1.31 bits per heavy atom. The van der Waals surface area contributed by atoms with Crippen molar-refractivity contribution in [2.24, 2.45) is 0 Å². The quantitative estimate of drug-likeness (QED) is 0.664. The van der Waals surface area contributed by atoms with Gasteiger partial charge in [0.15, 0.2) is 0 Å². The van der Waals surface area contributed by atoms with E-state index in [4.69, 9.17) is 0 Å². The number of rotatable bonds is 2. The van der Waals surface area contributed by atoms with Gasteiger partial charge in [-0.25, -0.2) is 0 Å². The van der Waals surface area contributed by atoms with E-state index in [1.54, 1.807) is 0 Å². The van der Waals surface area contributed by atoms with Crippen molar-refractivity contribution >= 4 is 5.70 Å². The molecule has 13 heavy (non-hydrogen) atoms. The highest BCUT2D eigenvalue weighted by Crippen LogP contribution is 2.28. The van der Waals surface area contributed by atoms with Crippen LogP contribution in [0.2, 0.25) is 0 Å². The summed E-state index contributed by atoms with van der Waals surface area (Å²) in [5, 5.41) is 0. The number of allylic oxidation sites excluding steroid dienone is 1. The van der Waals surface area contributed by atoms with Gasteiger partial charge >= 0.3 is 0 Å². The molecule has 0 bridgehead atoms. The lowest BCUT2D eigenvalue weighted by Crippen LogP contribution is -2.14. The lowest BCUT2D eigenvalue weighted by atomic mass is 10.1. The van der Waals surface area contributed by atoms with E-state index in [9.17, 15) is 0 Å². The van der Waals surface area contributed by atoms with Crippen LogP contribution in [0.15, 0.2) is 30.3 Å². The highest BCUT2D eigenvalue weighted by molar-refractivity contribution is 5.71. The van der Waals surface area contributed by atoms with E-state index in [-0.39, 0.29) is 0 Å². The molecule has 0 unspecified atom stereocenters. The largest absolute Gasteiger partial charge is 0.375 e. The standard InChI is InChI=1S/C12H15N/c1-3-13(2)12-9-8-10-6-4-5-7-11(10)12/h4-7,9H,3,8H2,1-2H3. The summed E-state index contributed by atoms with van der Waals surface area (Å²) in [5.74, 6) is 0. The molecular weight excluding hydrogens is 158 g/mol. The van der Waals surface area contributed by atoms with E-state index in [2.05, 4.69) is 49.2 Å². The average molecular weight is 173 g/mol. The third-order valence-electron chi connectivity index (χ3n) is 2.69. The number of hydrogen-bond donors (Lipinski definition) is 0. The second-order valence-electron chi connectivity index (χ2n) is 3.46. The predicted molar refractivity (Wildman–Crippen MR) is 56.4 cm³/mol. The van der Waals surface area contributed by atoms with E-state index in [1.165, 1.54) is 16.8 Å². The second-order valence-corrected chi connectivity index (χ2v) is 3.46. The zero-order chi connectivity index (χ0) is 9.26. The Morgan fingerprint density at radius 2 is 2.08 bits per heavy atom. The maximum atomic E-state index is 2.31. The molecule has 0 amide bonds. The summed E-state index contributed by atoms with van der Waals surface area (Å²) in [6.07, 6.45) is 3.41. The lowest BCUT2D eigenvalue weighted by molar-refractivity contribution is 0.510. The highest BCUT2D eigenvalue weighted by Gasteiger charge is 2.14. The van der Waals surface area contributed by atoms with Crippen molar-refractivity contribution in [3.63, 3.8) is 0 Å². The molecule has 0 saturated carbocycles. The Kier molecular flexibility index (Phi) is 2.09. The summed E-state index contributed by atoms with van der Waals surface area (Å²) in [6, 6.07) is 8.64. The van der Waals surface area contributed by atoms with Crippen LogP contribution >= 0.6 is 0 Å². The maximum absolute atomic E-state index is 2.31. The molecule has 0 N–H and O–H groups in total. The van der Waals surface area contributed by atoms with Crippen LogP contribution in [-0.2, 0) is 6.42 Å². The third kappa shape index (κ3) is 1.35. The molecular formula is C12H15N. The summed E-state index contributed by atoms with van der Waals surface area (Å²) >= 11 is 0. The Hall–Kier alpha value is -1.24. The SMILES string of the molecule is CCN(C)C1=CCc2ccccc21. The third-order valence-corrected chi connectivity index (χ3v) is 2.69. The van der Waals surface area contributed by atoms with Gasteiger partial charge in [-0.3, -0.25) is 0 Å². The van der Waals surface area contributed by atoms with Crippen LogP contribution in [0.25, 0.3) is 5.70 Å². The number of benzene rings is 1. The molecule has 1 aromatic carbocycles. The van der Waals surface area contributed by atoms with Crippen LogP contribution in [0.3, 0.4) is 0 Å². The van der Waals surface area contributed by atoms with Crippen LogP contribution in [0.5, 0.6) is 0 Å². The minimum absolute atomic E-state index is 1.07. The monoisotopic (exact) mass is 173 g/mol. The number of nitrogens with zero attached hydrogens (tertiary/aromatic N) is 1. The van der Waals surface area contributed by atoms with Gasteiger partial charge < -0.3 is 4.90 Å². The first-order chi connectivity index (χ1) is 6.33. The van der Waals surface area contributed by atoms with Gasteiger partial charge in [0.1, 0.15) is 0 Å². The topological polar surface area (TPSA) is 3.24 Å². The van der Waals surface area contributed by atoms with Crippen molar-refractivity contribution < 1.29 is 0 Å². The molecule has 0 atom stereocenters. The molecule has 0 saturated heterocycles. The minimum Gasteiger partial charge on any atom is -0.375 e. The van der Waals surface area contributed by atoms with E-state index >= 15 is 0 Å². The highest BCUT2D eigenvalue weighted by atomic mass is 15.1. The van der Waals surface area contributed by atoms with Crippen molar-refractivity contribution in [2.45, 2.75) is 13.3 Å². The number of hydrogen-bond acceptors (Lipinski definition) is 1. The van der Waals surface area contributed by atoms with Crippen LogP contribution in [0.4, 0.5) is 0 Å². The van der Waals surface area contributed by atoms with Gasteiger partial charge in [0.2, 0.25) is 0 Å². The van der Waals surface area contributed by atoms with E-state index in [0.717, 1.165) is 13.0 Å². The van der Waals surface area contributed by atoms with E-state index < -0.39 is 0 Å². The molecule has 1 heteroatoms. The van der Waals surface area contributed by atoms with Crippen LogP contribution in [-0.4, -0.2) is 18.5 Å². The zero-order valence-electron chi connectivity index (χ0n) is 8.25. The zero-order valence-corrected chi connectivity index (χ0v) is 8.25. The van der Waals surface area contributed by atoms with Crippen molar-refractivity contribution in [3.05, 3.63) is 41.5 Å². The fourth-order valence-corrected chi connectivity index (χ4v) is 1.80. The first kappa shape index (κ1) is 8.36. The van der Waals surface area contributed by atoms with Gasteiger partial charge in [-0.2, -0.15) is 0 Å². The summed E-state index contributed by atoms with van der Waals surface area (Å²) in [7, 11) is 2.15. The minimum atomic E-state index is 1.07. The molecule has 0 heterocycles. The molecule has 2 rings (SSSR count). The Morgan fingerprint density at radius 3 is 2.85 bits per heavy atom. The van der Waals surface area contributed by atoms with Gasteiger partial charge in [0.25, 0.3) is 0 Å². The normalized spacial score (nSPS) is 13.8. The molecule has 1 aliphatic rings. The second kappa shape index (κ2) is 3.25. The summed E-state index contributed by atoms with van der Waals surface area (Å²) < 4.78 is 0. The van der Waals surface area contributed by atoms with Gasteiger partial charge in [-0.1, -0.05) is 30.3 Å². The van der Waals surface area contributed by atoms with Crippen molar-refractivity contribution in [1.29, 1.82) is 0 Å². The molecule has 0 fully saturated rings. The van der Waals surface area contributed by atoms with Crippen LogP contribution < -0.4 is 0 Å². The van der Waals surface area contributed by atoms with E-state index in [1.807, 2.05) is 0 Å². The van der Waals surface area contributed by atoms with Crippen molar-refractivity contribution in [3.8, 4) is 0 Å². The summed E-state index contributed by atoms with van der Waals surface area (Å²) in [6.45, 7) is 3.25. The Labute approximate surface area is 79.7 Å². The fourth-order valence-electron chi connectivity index (χ4n) is 1.80. The summed E-state index contributed by atoms with van der Waals surface area (Å²) in [5.41, 5.74) is 4.25. The first-order valence-electron chi connectivity index (χ1n) is 4.82. The Bertz CT molecular complexity index is 339. The van der Waals surface area contributed by atoms with Crippen LogP contribution in [0.1, 0.15) is 18.1 Å². The average Bonchev–Trinajstić information content (AvgIpc) is 2.60. The molecule has 0 aliphatic heterocycles. The maximum Gasteiger partial charge on any atom is 0.0402 e. The van der Waals surface area contributed by atoms with Gasteiger partial charge in [0, 0.05) is 24.9 Å². The molecule has 0 aromatic heterocycles. The van der Waals surface area contributed by atoms with Crippen molar-refractivity contribution in [1.82, 2.24) is 4.90 Å². The van der Waals surface area contributed by atoms with Crippen molar-refractivity contribution in [2.75, 3.05) is 13.6 Å². The smallest absolute Gasteiger partial charge is 0.0402 e.